The van der Waals surface area contributed by atoms with Gasteiger partial charge in [-0.1, -0.05) is 12.2 Å². The summed E-state index contributed by atoms with van der Waals surface area (Å²) in [6.07, 6.45) is 7.24. The Balaban J connectivity index is 1.87. The predicted molar refractivity (Wildman–Crippen MR) is 76.5 cm³/mol. The highest BCUT2D eigenvalue weighted by Crippen LogP contribution is 2.52. The van der Waals surface area contributed by atoms with Gasteiger partial charge in [0.2, 0.25) is 0 Å². The summed E-state index contributed by atoms with van der Waals surface area (Å²) < 4.78 is 5.49. The Morgan fingerprint density at radius 1 is 1.65 bits per heavy atom. The van der Waals surface area contributed by atoms with Crippen molar-refractivity contribution in [1.29, 1.82) is 0 Å². The molecule has 3 aliphatic rings. The van der Waals surface area contributed by atoms with Crippen molar-refractivity contribution < 1.29 is 14.6 Å². The van der Waals surface area contributed by atoms with E-state index in [9.17, 15) is 9.90 Å². The third kappa shape index (κ3) is 1.71. The number of alkyl halides is 1. The zero-order valence-electron chi connectivity index (χ0n) is 11.8. The minimum Gasteiger partial charge on any atom is -0.455 e. The van der Waals surface area contributed by atoms with Crippen molar-refractivity contribution in [3.63, 3.8) is 0 Å². The van der Waals surface area contributed by atoms with E-state index in [4.69, 9.17) is 16.3 Å². The van der Waals surface area contributed by atoms with E-state index >= 15 is 0 Å². The van der Waals surface area contributed by atoms with Crippen molar-refractivity contribution >= 4 is 17.6 Å². The Bertz CT molecular complexity index is 441. The van der Waals surface area contributed by atoms with E-state index in [0.717, 1.165) is 25.7 Å². The average Bonchev–Trinajstić information content (AvgIpc) is 2.68. The minimum absolute atomic E-state index is 0.0261. The van der Waals surface area contributed by atoms with Crippen LogP contribution in [-0.2, 0) is 9.53 Å². The summed E-state index contributed by atoms with van der Waals surface area (Å²) in [6.45, 7) is 2.60. The second-order valence-electron chi connectivity index (χ2n) is 6.33. The molecule has 1 aliphatic carbocycles. The maximum atomic E-state index is 12.2. The summed E-state index contributed by atoms with van der Waals surface area (Å²) in [7, 11) is 0. The zero-order valence-corrected chi connectivity index (χ0v) is 12.5. The van der Waals surface area contributed by atoms with E-state index in [0.29, 0.717) is 12.4 Å². The van der Waals surface area contributed by atoms with Crippen LogP contribution in [0, 0.1) is 11.8 Å². The van der Waals surface area contributed by atoms with E-state index in [1.807, 2.05) is 13.0 Å². The Kier molecular flexibility index (Phi) is 3.59. The van der Waals surface area contributed by atoms with E-state index in [-0.39, 0.29) is 17.8 Å². The van der Waals surface area contributed by atoms with Gasteiger partial charge >= 0.3 is 5.97 Å². The molecule has 0 amide bonds. The number of nitrogens with one attached hydrogen (secondary N) is 1. The van der Waals surface area contributed by atoms with Crippen LogP contribution in [-0.4, -0.2) is 40.7 Å². The lowest BCUT2D eigenvalue weighted by Crippen LogP contribution is -2.80. The topological polar surface area (TPSA) is 58.6 Å². The van der Waals surface area contributed by atoms with Crippen LogP contribution in [0.4, 0.5) is 0 Å². The van der Waals surface area contributed by atoms with Crippen molar-refractivity contribution in [1.82, 2.24) is 5.32 Å². The fourth-order valence-electron chi connectivity index (χ4n) is 4.09. The summed E-state index contributed by atoms with van der Waals surface area (Å²) in [6, 6.07) is 0. The van der Waals surface area contributed by atoms with Gasteiger partial charge < -0.3 is 9.84 Å². The lowest BCUT2D eigenvalue weighted by Gasteiger charge is -2.55. The van der Waals surface area contributed by atoms with E-state index in [2.05, 4.69) is 11.4 Å². The third-order valence-electron chi connectivity index (χ3n) is 5.41. The van der Waals surface area contributed by atoms with Crippen molar-refractivity contribution in [2.24, 2.45) is 11.8 Å². The van der Waals surface area contributed by atoms with Crippen molar-refractivity contribution in [2.45, 2.75) is 49.9 Å². The highest BCUT2D eigenvalue weighted by Gasteiger charge is 2.76. The molecule has 0 spiro atoms. The van der Waals surface area contributed by atoms with Gasteiger partial charge in [0.1, 0.15) is 5.60 Å². The van der Waals surface area contributed by atoms with Crippen LogP contribution in [0.1, 0.15) is 32.6 Å². The number of ether oxygens (including phenoxy) is 1. The van der Waals surface area contributed by atoms with E-state index in [1.165, 1.54) is 0 Å². The number of fused-ring (bicyclic) bond motifs is 1. The molecule has 20 heavy (non-hydrogen) atoms. The lowest BCUT2D eigenvalue weighted by molar-refractivity contribution is -0.238. The van der Waals surface area contributed by atoms with Crippen LogP contribution in [0.3, 0.4) is 0 Å². The Morgan fingerprint density at radius 3 is 3.05 bits per heavy atom. The quantitative estimate of drug-likeness (QED) is 0.470. The Labute approximate surface area is 124 Å². The maximum Gasteiger partial charge on any atom is 0.333 e. The number of esters is 1. The number of hydrogen-bond acceptors (Lipinski definition) is 4. The number of hydrogen-bond donors (Lipinski definition) is 2. The molecule has 0 aromatic rings. The number of carbonyl (C=O) groups is 1. The molecule has 0 aromatic heterocycles. The molecule has 4 nitrogen and oxygen atoms in total. The maximum absolute atomic E-state index is 12.2. The molecule has 0 bridgehead atoms. The molecule has 3 rings (SSSR count). The van der Waals surface area contributed by atoms with Crippen molar-refractivity contribution in [3.05, 3.63) is 12.2 Å². The van der Waals surface area contributed by atoms with Crippen LogP contribution in [0.25, 0.3) is 0 Å². The molecule has 5 atom stereocenters. The molecule has 2 heterocycles. The number of aliphatic hydroxyl groups excluding tert-OH is 1. The zero-order chi connectivity index (χ0) is 14.4. The van der Waals surface area contributed by atoms with Crippen LogP contribution in [0.2, 0.25) is 0 Å². The second kappa shape index (κ2) is 5.00. The van der Waals surface area contributed by atoms with E-state index < -0.39 is 17.2 Å². The van der Waals surface area contributed by atoms with Crippen molar-refractivity contribution in [2.75, 3.05) is 12.4 Å². The van der Waals surface area contributed by atoms with Gasteiger partial charge in [-0.3, -0.25) is 5.32 Å². The van der Waals surface area contributed by atoms with Gasteiger partial charge in [-0.25, -0.2) is 4.79 Å². The van der Waals surface area contributed by atoms with Gasteiger partial charge in [-0.15, -0.1) is 11.6 Å². The molecule has 112 valence electrons. The highest BCUT2D eigenvalue weighted by atomic mass is 35.5. The van der Waals surface area contributed by atoms with Crippen LogP contribution < -0.4 is 5.32 Å². The van der Waals surface area contributed by atoms with E-state index in [1.54, 1.807) is 0 Å². The summed E-state index contributed by atoms with van der Waals surface area (Å²) in [5, 5.41) is 14.1. The fourth-order valence-corrected chi connectivity index (χ4v) is 4.36. The van der Waals surface area contributed by atoms with Crippen LogP contribution in [0.15, 0.2) is 12.2 Å². The van der Waals surface area contributed by atoms with Crippen LogP contribution in [0.5, 0.6) is 0 Å². The largest absolute Gasteiger partial charge is 0.455 e. The summed E-state index contributed by atoms with van der Waals surface area (Å²) in [4.78, 5) is 12.2. The molecule has 5 heteroatoms. The number of carbonyl (C=O) groups excluding carboxylic acids is 1. The molecule has 2 N–H and O–H groups in total. The van der Waals surface area contributed by atoms with Gasteiger partial charge in [-0.05, 0) is 32.6 Å². The first-order chi connectivity index (χ1) is 9.56. The first-order valence-electron chi connectivity index (χ1n) is 7.45. The smallest absolute Gasteiger partial charge is 0.333 e. The monoisotopic (exact) mass is 299 g/mol. The molecule has 0 aromatic carbocycles. The number of allylic oxidation sites excluding steroid dienone is 1. The van der Waals surface area contributed by atoms with Gasteiger partial charge in [0.15, 0.2) is 5.54 Å². The average molecular weight is 300 g/mol. The summed E-state index contributed by atoms with van der Waals surface area (Å²) >= 11 is 5.85. The minimum atomic E-state index is -0.948. The first-order valence-corrected chi connectivity index (χ1v) is 7.99. The van der Waals surface area contributed by atoms with Gasteiger partial charge in [0.05, 0.1) is 6.10 Å². The molecular weight excluding hydrogens is 278 g/mol. The fraction of sp³-hybridized carbons (Fsp3) is 0.800. The van der Waals surface area contributed by atoms with Gasteiger partial charge in [-0.2, -0.15) is 0 Å². The number of rotatable bonds is 4. The van der Waals surface area contributed by atoms with Gasteiger partial charge in [0.25, 0.3) is 0 Å². The highest BCUT2D eigenvalue weighted by molar-refractivity contribution is 6.17. The number of aliphatic hydroxyl groups is 1. The standard InChI is InChI=1S/C15H22ClNO3/c1-14-11(7-8-16)9-17-15(14,13(19)20-14)12(18)10-5-3-2-4-6-10/h3,5,10-12,17-18H,2,4,6-9H2,1H3/t10?,11-,12-,14-,15?/m0/s1. The molecule has 0 saturated carbocycles. The molecule has 0 radical (unpaired) electrons. The predicted octanol–water partition coefficient (Wildman–Crippen LogP) is 1.61. The SMILES string of the molecule is C[C@@]12OC(=O)C1([C@@H](O)C1C=CCCC1)NC[C@@H]2CCCl. The first kappa shape index (κ1) is 14.4. The molecule has 2 aliphatic heterocycles. The molecule has 2 fully saturated rings. The third-order valence-corrected chi connectivity index (χ3v) is 5.63. The molecule has 2 unspecified atom stereocenters. The normalized spacial score (nSPS) is 44.6. The number of halogens is 1. The second-order valence-corrected chi connectivity index (χ2v) is 6.71. The lowest BCUT2D eigenvalue weighted by atomic mass is 9.64. The van der Waals surface area contributed by atoms with Gasteiger partial charge in [0, 0.05) is 24.3 Å². The van der Waals surface area contributed by atoms with Crippen LogP contribution >= 0.6 is 11.6 Å². The summed E-state index contributed by atoms with van der Waals surface area (Å²) in [5.41, 5.74) is -1.58. The Hall–Kier alpha value is -0.580. The summed E-state index contributed by atoms with van der Waals surface area (Å²) in [5.74, 6) is 0.413. The Morgan fingerprint density at radius 2 is 2.45 bits per heavy atom. The molecule has 2 saturated heterocycles. The van der Waals surface area contributed by atoms with Crippen molar-refractivity contribution in [3.8, 4) is 0 Å². The molecular formula is C15H22ClNO3.